The van der Waals surface area contributed by atoms with Crippen molar-refractivity contribution in [3.8, 4) is 5.75 Å². The quantitative estimate of drug-likeness (QED) is 0.487. The maximum absolute atomic E-state index is 13.6. The zero-order valence-corrected chi connectivity index (χ0v) is 18.3. The number of sulfonamides is 1. The van der Waals surface area contributed by atoms with Crippen LogP contribution in [-0.4, -0.2) is 40.9 Å². The molecule has 2 aromatic carbocycles. The number of aromatic nitrogens is 2. The molecule has 0 saturated heterocycles. The van der Waals surface area contributed by atoms with Crippen molar-refractivity contribution in [2.24, 2.45) is 0 Å². The van der Waals surface area contributed by atoms with Gasteiger partial charge in [-0.1, -0.05) is 18.2 Å². The largest absolute Gasteiger partial charge is 0.497 e. The van der Waals surface area contributed by atoms with E-state index < -0.39 is 22.2 Å². The van der Waals surface area contributed by atoms with Crippen LogP contribution in [0.3, 0.4) is 0 Å². The summed E-state index contributed by atoms with van der Waals surface area (Å²) >= 11 is 0. The molecule has 4 aromatic rings. The molecule has 8 heteroatoms. The number of aromatic amines is 1. The number of pyridine rings is 1. The number of hydrogen-bond donors (Lipinski definition) is 2. The van der Waals surface area contributed by atoms with E-state index in [1.807, 2.05) is 24.4 Å². The van der Waals surface area contributed by atoms with Crippen molar-refractivity contribution in [2.45, 2.75) is 30.0 Å². The summed E-state index contributed by atoms with van der Waals surface area (Å²) in [6, 6.07) is 15.3. The van der Waals surface area contributed by atoms with E-state index >= 15 is 0 Å². The van der Waals surface area contributed by atoms with E-state index in [-0.39, 0.29) is 11.4 Å². The predicted octanol–water partition coefficient (Wildman–Crippen LogP) is 3.42. The number of methoxy groups -OCH3 is 1. The molecule has 0 fully saturated rings. The van der Waals surface area contributed by atoms with Crippen LogP contribution < -0.4 is 4.74 Å². The van der Waals surface area contributed by atoms with Crippen LogP contribution in [0.4, 0.5) is 0 Å². The third-order valence-electron chi connectivity index (χ3n) is 6.05. The van der Waals surface area contributed by atoms with Gasteiger partial charge in [0.2, 0.25) is 10.0 Å². The van der Waals surface area contributed by atoms with E-state index in [1.54, 1.807) is 55.9 Å². The van der Waals surface area contributed by atoms with Gasteiger partial charge in [0.15, 0.2) is 0 Å². The van der Waals surface area contributed by atoms with Crippen molar-refractivity contribution in [3.63, 3.8) is 0 Å². The first kappa shape index (κ1) is 20.7. The lowest BCUT2D eigenvalue weighted by molar-refractivity contribution is 0.0771. The van der Waals surface area contributed by atoms with Crippen molar-refractivity contribution in [1.29, 1.82) is 0 Å². The van der Waals surface area contributed by atoms with Crippen LogP contribution in [0, 0.1) is 0 Å². The van der Waals surface area contributed by atoms with E-state index in [4.69, 9.17) is 4.74 Å². The third-order valence-corrected chi connectivity index (χ3v) is 8.00. The number of H-pyrrole nitrogens is 1. The number of nitrogens with zero attached hydrogens (tertiary/aromatic N) is 2. The fourth-order valence-corrected chi connectivity index (χ4v) is 6.25. The minimum absolute atomic E-state index is 0.145. The molecular weight excluding hydrogens is 426 g/mol. The highest BCUT2D eigenvalue weighted by molar-refractivity contribution is 7.89. The van der Waals surface area contributed by atoms with Gasteiger partial charge < -0.3 is 14.8 Å². The highest BCUT2D eigenvalue weighted by Gasteiger charge is 2.43. The minimum Gasteiger partial charge on any atom is -0.497 e. The zero-order chi connectivity index (χ0) is 22.3. The van der Waals surface area contributed by atoms with Crippen molar-refractivity contribution < 1.29 is 18.3 Å². The first-order valence-corrected chi connectivity index (χ1v) is 11.7. The number of benzene rings is 2. The number of aliphatic hydroxyl groups is 1. The number of hydrogen-bond acceptors (Lipinski definition) is 5. The van der Waals surface area contributed by atoms with Gasteiger partial charge >= 0.3 is 0 Å². The molecule has 2 aromatic heterocycles. The van der Waals surface area contributed by atoms with Crippen LogP contribution in [0.15, 0.2) is 78.1 Å². The summed E-state index contributed by atoms with van der Waals surface area (Å²) in [6.07, 6.45) is 4.52. The molecule has 0 unspecified atom stereocenters. The van der Waals surface area contributed by atoms with Crippen LogP contribution in [0.1, 0.15) is 22.8 Å². The van der Waals surface area contributed by atoms with Crippen LogP contribution >= 0.6 is 0 Å². The average molecular weight is 450 g/mol. The minimum atomic E-state index is -3.81. The molecule has 1 aliphatic heterocycles. The molecule has 7 nitrogen and oxygen atoms in total. The lowest BCUT2D eigenvalue weighted by atomic mass is 9.95. The summed E-state index contributed by atoms with van der Waals surface area (Å²) in [7, 11) is -2.20. The molecular formula is C24H23N3O4S. The van der Waals surface area contributed by atoms with E-state index in [1.165, 1.54) is 4.31 Å². The number of aliphatic hydroxyl groups excluding tert-OH is 1. The van der Waals surface area contributed by atoms with Crippen molar-refractivity contribution in [1.82, 2.24) is 14.3 Å². The molecule has 0 radical (unpaired) electrons. The summed E-state index contributed by atoms with van der Waals surface area (Å²) in [6.45, 7) is 0.145. The van der Waals surface area contributed by atoms with Gasteiger partial charge in [0.05, 0.1) is 24.2 Å². The van der Waals surface area contributed by atoms with Crippen LogP contribution in [0.2, 0.25) is 0 Å². The van der Waals surface area contributed by atoms with Crippen LogP contribution in [-0.2, 0) is 23.0 Å². The Bertz CT molecular complexity index is 1370. The van der Waals surface area contributed by atoms with Gasteiger partial charge in [0.25, 0.3) is 0 Å². The summed E-state index contributed by atoms with van der Waals surface area (Å²) < 4.78 is 34.0. The van der Waals surface area contributed by atoms with E-state index in [0.29, 0.717) is 17.7 Å². The molecule has 5 rings (SSSR count). The fourth-order valence-electron chi connectivity index (χ4n) is 4.39. The van der Waals surface area contributed by atoms with Gasteiger partial charge in [-0.2, -0.15) is 4.31 Å². The predicted molar refractivity (Wildman–Crippen MR) is 121 cm³/mol. The zero-order valence-electron chi connectivity index (χ0n) is 17.5. The Labute approximate surface area is 186 Å². The molecule has 2 N–H and O–H groups in total. The molecule has 0 bridgehead atoms. The topological polar surface area (TPSA) is 95.5 Å². The number of nitrogens with one attached hydrogen (secondary N) is 1. The Morgan fingerprint density at radius 1 is 1.12 bits per heavy atom. The van der Waals surface area contributed by atoms with Gasteiger partial charge in [-0.15, -0.1) is 0 Å². The Kier molecular flexibility index (Phi) is 5.21. The highest BCUT2D eigenvalue weighted by atomic mass is 32.2. The lowest BCUT2D eigenvalue weighted by Gasteiger charge is -2.39. The van der Waals surface area contributed by atoms with Crippen molar-refractivity contribution >= 4 is 20.9 Å². The lowest BCUT2D eigenvalue weighted by Crippen LogP contribution is -2.48. The van der Waals surface area contributed by atoms with Crippen molar-refractivity contribution in [2.75, 3.05) is 7.11 Å². The highest BCUT2D eigenvalue weighted by Crippen LogP contribution is 2.39. The summed E-state index contributed by atoms with van der Waals surface area (Å²) in [4.78, 5) is 7.41. The van der Waals surface area contributed by atoms with Crippen LogP contribution in [0.5, 0.6) is 5.75 Å². The average Bonchev–Trinajstić information content (AvgIpc) is 3.22. The molecule has 1 aliphatic rings. The van der Waals surface area contributed by atoms with E-state index in [0.717, 1.165) is 22.0 Å². The first-order chi connectivity index (χ1) is 15.5. The SMILES string of the molecule is COc1ccc2[nH]cc(C[C@@H]3[C@@H](O)c4ccccc4S(=O)(=O)N3Cc3ccncc3)c2c1. The third kappa shape index (κ3) is 3.46. The number of fused-ring (bicyclic) bond motifs is 2. The molecule has 2 atom stereocenters. The monoisotopic (exact) mass is 449 g/mol. The summed E-state index contributed by atoms with van der Waals surface area (Å²) in [5.74, 6) is 0.717. The summed E-state index contributed by atoms with van der Waals surface area (Å²) in [5.41, 5.74) is 3.08. The molecule has 3 heterocycles. The Hall–Kier alpha value is -3.20. The van der Waals surface area contributed by atoms with Gasteiger partial charge in [-0.3, -0.25) is 4.98 Å². The second-order valence-electron chi connectivity index (χ2n) is 7.89. The van der Waals surface area contributed by atoms with E-state index in [9.17, 15) is 13.5 Å². The normalized spacial score (nSPS) is 20.2. The Balaban J connectivity index is 1.61. The summed E-state index contributed by atoms with van der Waals surface area (Å²) in [5, 5.41) is 12.3. The van der Waals surface area contributed by atoms with Gasteiger partial charge in [0, 0.05) is 41.6 Å². The maximum Gasteiger partial charge on any atom is 0.244 e. The maximum atomic E-state index is 13.6. The standard InChI is InChI=1S/C24H23N3O4S/c1-31-18-6-7-21-20(13-18)17(14-26-21)12-22-24(28)19-4-2-3-5-23(19)32(29,30)27(22)15-16-8-10-25-11-9-16/h2-11,13-14,22,24,26,28H,12,15H2,1H3/t22-,24+/m1/s1. The fraction of sp³-hybridized carbons (Fsp3) is 0.208. The number of rotatable bonds is 5. The molecule has 0 aliphatic carbocycles. The molecule has 0 amide bonds. The molecule has 164 valence electrons. The molecule has 0 spiro atoms. The second-order valence-corrected chi connectivity index (χ2v) is 9.74. The van der Waals surface area contributed by atoms with Crippen LogP contribution in [0.25, 0.3) is 10.9 Å². The van der Waals surface area contributed by atoms with Crippen molar-refractivity contribution in [3.05, 3.63) is 89.9 Å². The number of ether oxygens (including phenoxy) is 1. The Morgan fingerprint density at radius 2 is 1.91 bits per heavy atom. The van der Waals surface area contributed by atoms with Gasteiger partial charge in [-0.25, -0.2) is 8.42 Å². The first-order valence-electron chi connectivity index (χ1n) is 10.3. The smallest absolute Gasteiger partial charge is 0.244 e. The second kappa shape index (κ2) is 8.05. The molecule has 32 heavy (non-hydrogen) atoms. The molecule has 0 saturated carbocycles. The Morgan fingerprint density at radius 3 is 2.69 bits per heavy atom. The van der Waals surface area contributed by atoms with Gasteiger partial charge in [-0.05, 0) is 53.9 Å². The van der Waals surface area contributed by atoms with E-state index in [2.05, 4.69) is 9.97 Å². The van der Waals surface area contributed by atoms with Gasteiger partial charge in [0.1, 0.15) is 5.75 Å².